The van der Waals surface area contributed by atoms with Gasteiger partial charge in [0, 0.05) is 6.54 Å². The fourth-order valence-corrected chi connectivity index (χ4v) is 3.72. The molecule has 0 saturated heterocycles. The Morgan fingerprint density at radius 1 is 0.742 bits per heavy atom. The molecule has 0 aromatic heterocycles. The molecule has 31 heavy (non-hydrogen) atoms. The highest BCUT2D eigenvalue weighted by atomic mass is 16.5. The first-order valence-electron chi connectivity index (χ1n) is 10.8. The first-order chi connectivity index (χ1) is 15.2. The number of carbonyl (C=O) groups excluding carboxylic acids is 1. The minimum atomic E-state index is 0.0518. The fourth-order valence-electron chi connectivity index (χ4n) is 3.72. The molecule has 0 heterocycles. The summed E-state index contributed by atoms with van der Waals surface area (Å²) in [7, 11) is 3.25. The van der Waals surface area contributed by atoms with Crippen molar-refractivity contribution in [3.8, 4) is 11.5 Å². The summed E-state index contributed by atoms with van der Waals surface area (Å²) in [5.74, 6) is 1.46. The Morgan fingerprint density at radius 3 is 2.19 bits per heavy atom. The van der Waals surface area contributed by atoms with Gasteiger partial charge in [0.25, 0.3) is 0 Å². The Balaban J connectivity index is 1.48. The van der Waals surface area contributed by atoms with Gasteiger partial charge in [0.15, 0.2) is 11.5 Å². The van der Waals surface area contributed by atoms with Gasteiger partial charge in [0.05, 0.1) is 20.6 Å². The summed E-state index contributed by atoms with van der Waals surface area (Å²) in [5.41, 5.74) is 4.82. The van der Waals surface area contributed by atoms with E-state index in [2.05, 4.69) is 47.8 Å². The van der Waals surface area contributed by atoms with Gasteiger partial charge in [0.1, 0.15) is 0 Å². The molecule has 0 atom stereocenters. The van der Waals surface area contributed by atoms with E-state index in [1.165, 1.54) is 11.1 Å². The van der Waals surface area contributed by atoms with Crippen LogP contribution in [-0.4, -0.2) is 26.7 Å². The molecule has 4 nitrogen and oxygen atoms in total. The fraction of sp³-hybridized carbons (Fsp3) is 0.296. The number of aryl methyl sites for hydroxylation is 2. The maximum absolute atomic E-state index is 12.5. The van der Waals surface area contributed by atoms with Crippen LogP contribution in [0.3, 0.4) is 0 Å². The maximum Gasteiger partial charge on any atom is 0.224 e. The summed E-state index contributed by atoms with van der Waals surface area (Å²) in [6.07, 6.45) is 4.25. The third-order valence-electron chi connectivity index (χ3n) is 5.41. The number of rotatable bonds is 11. The van der Waals surface area contributed by atoms with Crippen molar-refractivity contribution in [2.45, 2.75) is 32.1 Å². The molecule has 0 bridgehead atoms. The normalized spacial score (nSPS) is 10.5. The third-order valence-corrected chi connectivity index (χ3v) is 5.41. The van der Waals surface area contributed by atoms with Crippen LogP contribution in [-0.2, 0) is 30.5 Å². The lowest BCUT2D eigenvalue weighted by Crippen LogP contribution is -2.27. The van der Waals surface area contributed by atoms with Gasteiger partial charge in [-0.1, -0.05) is 60.7 Å². The summed E-state index contributed by atoms with van der Waals surface area (Å²) < 4.78 is 10.6. The highest BCUT2D eigenvalue weighted by molar-refractivity contribution is 5.78. The number of carbonyl (C=O) groups is 1. The number of benzene rings is 3. The highest BCUT2D eigenvalue weighted by Gasteiger charge is 2.09. The second-order valence-electron chi connectivity index (χ2n) is 7.57. The Labute approximate surface area is 185 Å². The molecule has 0 radical (unpaired) electrons. The van der Waals surface area contributed by atoms with Crippen molar-refractivity contribution < 1.29 is 14.3 Å². The van der Waals surface area contributed by atoms with Crippen molar-refractivity contribution in [1.82, 2.24) is 5.32 Å². The van der Waals surface area contributed by atoms with Gasteiger partial charge < -0.3 is 14.8 Å². The molecule has 0 fully saturated rings. The van der Waals surface area contributed by atoms with Gasteiger partial charge in [-0.2, -0.15) is 0 Å². The van der Waals surface area contributed by atoms with Crippen molar-refractivity contribution in [2.75, 3.05) is 20.8 Å². The van der Waals surface area contributed by atoms with Gasteiger partial charge >= 0.3 is 0 Å². The summed E-state index contributed by atoms with van der Waals surface area (Å²) in [5, 5.41) is 3.04. The van der Waals surface area contributed by atoms with Crippen LogP contribution < -0.4 is 14.8 Å². The van der Waals surface area contributed by atoms with Crippen molar-refractivity contribution >= 4 is 5.91 Å². The largest absolute Gasteiger partial charge is 0.493 e. The Morgan fingerprint density at radius 2 is 1.45 bits per heavy atom. The van der Waals surface area contributed by atoms with E-state index in [-0.39, 0.29) is 5.91 Å². The Kier molecular flexibility index (Phi) is 8.53. The molecule has 0 unspecified atom stereocenters. The van der Waals surface area contributed by atoms with Gasteiger partial charge in [0.2, 0.25) is 5.91 Å². The van der Waals surface area contributed by atoms with Crippen molar-refractivity contribution in [2.24, 2.45) is 0 Å². The van der Waals surface area contributed by atoms with E-state index in [4.69, 9.17) is 9.47 Å². The zero-order chi connectivity index (χ0) is 21.9. The van der Waals surface area contributed by atoms with Crippen molar-refractivity contribution in [1.29, 1.82) is 0 Å². The van der Waals surface area contributed by atoms with E-state index in [0.29, 0.717) is 24.5 Å². The first-order valence-corrected chi connectivity index (χ1v) is 10.8. The van der Waals surface area contributed by atoms with E-state index < -0.39 is 0 Å². The molecule has 162 valence electrons. The zero-order valence-electron chi connectivity index (χ0n) is 18.4. The second kappa shape index (κ2) is 11.8. The van der Waals surface area contributed by atoms with Gasteiger partial charge in [-0.3, -0.25) is 4.79 Å². The van der Waals surface area contributed by atoms with Crippen LogP contribution in [0.25, 0.3) is 0 Å². The SMILES string of the molecule is COc1ccc(CCNC(=O)Cc2ccccc2CCCc2ccccc2)cc1OC. The molecule has 3 aromatic rings. The lowest BCUT2D eigenvalue weighted by Gasteiger charge is -2.11. The standard InChI is InChI=1S/C27H31NO3/c1-30-25-16-15-22(19-26(25)31-2)17-18-28-27(29)20-24-13-7-6-12-23(24)14-8-11-21-9-4-3-5-10-21/h3-7,9-10,12-13,15-16,19H,8,11,14,17-18,20H2,1-2H3,(H,28,29). The van der Waals surface area contributed by atoms with E-state index in [0.717, 1.165) is 36.8 Å². The van der Waals surface area contributed by atoms with Crippen LogP contribution in [0.5, 0.6) is 11.5 Å². The van der Waals surface area contributed by atoms with E-state index in [1.807, 2.05) is 30.3 Å². The summed E-state index contributed by atoms with van der Waals surface area (Å²) in [4.78, 5) is 12.5. The van der Waals surface area contributed by atoms with Crippen LogP contribution in [0, 0.1) is 0 Å². The Hall–Kier alpha value is -3.27. The molecule has 0 spiro atoms. The molecule has 0 aliphatic carbocycles. The summed E-state index contributed by atoms with van der Waals surface area (Å²) in [6.45, 7) is 0.588. The molecule has 1 amide bonds. The number of hydrogen-bond donors (Lipinski definition) is 1. The minimum absolute atomic E-state index is 0.0518. The quantitative estimate of drug-likeness (QED) is 0.488. The van der Waals surface area contributed by atoms with Crippen molar-refractivity contribution in [3.05, 3.63) is 95.1 Å². The number of methoxy groups -OCH3 is 2. The lowest BCUT2D eigenvalue weighted by molar-refractivity contribution is -0.120. The molecule has 3 aromatic carbocycles. The van der Waals surface area contributed by atoms with Crippen LogP contribution in [0.15, 0.2) is 72.8 Å². The zero-order valence-corrected chi connectivity index (χ0v) is 18.4. The number of nitrogens with one attached hydrogen (secondary N) is 1. The van der Waals surface area contributed by atoms with Crippen LogP contribution in [0.2, 0.25) is 0 Å². The van der Waals surface area contributed by atoms with Gasteiger partial charge in [-0.25, -0.2) is 0 Å². The predicted molar refractivity (Wildman–Crippen MR) is 125 cm³/mol. The van der Waals surface area contributed by atoms with Gasteiger partial charge in [-0.15, -0.1) is 0 Å². The van der Waals surface area contributed by atoms with Crippen LogP contribution >= 0.6 is 0 Å². The molecule has 0 saturated carbocycles. The molecular weight excluding hydrogens is 386 g/mol. The second-order valence-corrected chi connectivity index (χ2v) is 7.57. The molecule has 1 N–H and O–H groups in total. The van der Waals surface area contributed by atoms with Crippen molar-refractivity contribution in [3.63, 3.8) is 0 Å². The number of amides is 1. The average Bonchev–Trinajstić information content (AvgIpc) is 2.80. The molecule has 0 aliphatic heterocycles. The summed E-state index contributed by atoms with van der Waals surface area (Å²) in [6, 6.07) is 24.6. The third kappa shape index (κ3) is 6.88. The monoisotopic (exact) mass is 417 g/mol. The smallest absolute Gasteiger partial charge is 0.224 e. The highest BCUT2D eigenvalue weighted by Crippen LogP contribution is 2.27. The van der Waals surface area contributed by atoms with E-state index >= 15 is 0 Å². The van der Waals surface area contributed by atoms with Crippen LogP contribution in [0.4, 0.5) is 0 Å². The van der Waals surface area contributed by atoms with Gasteiger partial charge in [-0.05, 0) is 60.1 Å². The lowest BCUT2D eigenvalue weighted by atomic mass is 9.98. The molecular formula is C27H31NO3. The average molecular weight is 418 g/mol. The first kappa shape index (κ1) is 22.4. The molecule has 4 heteroatoms. The predicted octanol–water partition coefficient (Wildman–Crippen LogP) is 4.78. The minimum Gasteiger partial charge on any atom is -0.493 e. The summed E-state index contributed by atoms with van der Waals surface area (Å²) >= 11 is 0. The topological polar surface area (TPSA) is 47.6 Å². The molecule has 3 rings (SSSR count). The van der Waals surface area contributed by atoms with E-state index in [1.54, 1.807) is 14.2 Å². The maximum atomic E-state index is 12.5. The molecule has 0 aliphatic rings. The number of ether oxygens (including phenoxy) is 2. The number of hydrogen-bond acceptors (Lipinski definition) is 3. The van der Waals surface area contributed by atoms with Crippen LogP contribution in [0.1, 0.15) is 28.7 Å². The Bertz CT molecular complexity index is 969. The van der Waals surface area contributed by atoms with E-state index in [9.17, 15) is 4.79 Å².